The summed E-state index contributed by atoms with van der Waals surface area (Å²) < 4.78 is 35.0. The maximum Gasteiger partial charge on any atom is 0.400 e. The van der Waals surface area contributed by atoms with E-state index in [4.69, 9.17) is 4.74 Å². The third kappa shape index (κ3) is 5.33. The van der Waals surface area contributed by atoms with Crippen molar-refractivity contribution >= 4 is 6.29 Å². The highest BCUT2D eigenvalue weighted by Crippen LogP contribution is 2.46. The van der Waals surface area contributed by atoms with Gasteiger partial charge in [0, 0.05) is 11.0 Å². The maximum atomic E-state index is 14.9. The topological polar surface area (TPSA) is 26.3 Å². The molecule has 0 unspecified atom stereocenters. The van der Waals surface area contributed by atoms with E-state index in [0.29, 0.717) is 24.3 Å². The number of aldehydes is 1. The summed E-state index contributed by atoms with van der Waals surface area (Å²) in [6, 6.07) is 0. The van der Waals surface area contributed by atoms with Gasteiger partial charge in [-0.15, -0.1) is 0 Å². The van der Waals surface area contributed by atoms with Crippen molar-refractivity contribution in [3.05, 3.63) is 35.6 Å². The number of rotatable bonds is 5. The predicted octanol–water partition coefficient (Wildman–Crippen LogP) is 6.83. The second kappa shape index (κ2) is 8.51. The molecule has 0 radical (unpaired) electrons. The van der Waals surface area contributed by atoms with Gasteiger partial charge in [-0.1, -0.05) is 39.7 Å². The molecule has 2 saturated carbocycles. The van der Waals surface area contributed by atoms with Crippen LogP contribution in [-0.2, 0) is 9.53 Å². The maximum absolute atomic E-state index is 14.9. The van der Waals surface area contributed by atoms with Gasteiger partial charge >= 0.3 is 6.11 Å². The van der Waals surface area contributed by atoms with E-state index in [2.05, 4.69) is 6.92 Å². The third-order valence-corrected chi connectivity index (χ3v) is 6.86. The van der Waals surface area contributed by atoms with Crippen LogP contribution in [0.2, 0.25) is 0 Å². The minimum Gasteiger partial charge on any atom is -0.433 e. The Hall–Kier alpha value is -1.45. The Bertz CT molecular complexity index is 644. The summed E-state index contributed by atoms with van der Waals surface area (Å²) in [5.41, 5.74) is -0.0357. The number of carbonyl (C=O) groups excluding carboxylic acids is 1. The van der Waals surface area contributed by atoms with Crippen LogP contribution in [0, 0.1) is 29.1 Å². The second-order valence-corrected chi connectivity index (χ2v) is 9.76. The zero-order chi connectivity index (χ0) is 20.4. The van der Waals surface area contributed by atoms with Crippen molar-refractivity contribution in [2.75, 3.05) is 0 Å². The van der Waals surface area contributed by atoms with E-state index < -0.39 is 17.4 Å². The van der Waals surface area contributed by atoms with Crippen LogP contribution in [0.5, 0.6) is 0 Å². The Kier molecular flexibility index (Phi) is 6.46. The van der Waals surface area contributed by atoms with Crippen molar-refractivity contribution in [1.29, 1.82) is 0 Å². The minimum atomic E-state index is -3.18. The summed E-state index contributed by atoms with van der Waals surface area (Å²) in [4.78, 5) is 11.1. The number of halogens is 2. The van der Waals surface area contributed by atoms with Crippen LogP contribution in [-0.4, -0.2) is 12.4 Å². The molecule has 156 valence electrons. The fourth-order valence-corrected chi connectivity index (χ4v) is 5.17. The third-order valence-electron chi connectivity index (χ3n) is 6.86. The molecule has 0 spiro atoms. The number of carbonyl (C=O) groups is 1. The van der Waals surface area contributed by atoms with Crippen molar-refractivity contribution in [3.63, 3.8) is 0 Å². The number of alkyl halides is 2. The van der Waals surface area contributed by atoms with Crippen LogP contribution in [0.1, 0.15) is 72.1 Å². The monoisotopic (exact) mass is 392 g/mol. The van der Waals surface area contributed by atoms with E-state index in [0.717, 1.165) is 31.0 Å². The highest BCUT2D eigenvalue weighted by atomic mass is 19.3. The Morgan fingerprint density at radius 1 is 0.964 bits per heavy atom. The summed E-state index contributed by atoms with van der Waals surface area (Å²) in [6.07, 6.45) is 12.0. The number of hydrogen-bond donors (Lipinski definition) is 0. The molecule has 28 heavy (non-hydrogen) atoms. The SMILES string of the molecule is CC1CCC(C2CCC(C(F)(F)OC3=CC(C)(C)C=C(C=O)C=C3)CC2)CC1. The molecule has 0 aliphatic heterocycles. The van der Waals surface area contributed by atoms with E-state index in [1.165, 1.54) is 31.8 Å². The van der Waals surface area contributed by atoms with Gasteiger partial charge in [-0.25, -0.2) is 0 Å². The lowest BCUT2D eigenvalue weighted by Crippen LogP contribution is -2.36. The van der Waals surface area contributed by atoms with Crippen LogP contribution in [0.25, 0.3) is 0 Å². The van der Waals surface area contributed by atoms with Gasteiger partial charge in [0.15, 0.2) is 0 Å². The van der Waals surface area contributed by atoms with Crippen molar-refractivity contribution < 1.29 is 18.3 Å². The van der Waals surface area contributed by atoms with Crippen molar-refractivity contribution in [2.24, 2.45) is 29.1 Å². The molecule has 0 aromatic rings. The van der Waals surface area contributed by atoms with E-state index in [-0.39, 0.29) is 5.76 Å². The Labute approximate surface area is 168 Å². The number of ether oxygens (including phenoxy) is 1. The smallest absolute Gasteiger partial charge is 0.400 e. The van der Waals surface area contributed by atoms with Gasteiger partial charge in [0.1, 0.15) is 12.0 Å². The molecule has 0 aromatic heterocycles. The average Bonchev–Trinajstić information content (AvgIpc) is 2.79. The molecular weight excluding hydrogens is 358 g/mol. The van der Waals surface area contributed by atoms with Crippen LogP contribution < -0.4 is 0 Å². The minimum absolute atomic E-state index is 0.145. The summed E-state index contributed by atoms with van der Waals surface area (Å²) in [5, 5.41) is 0. The molecule has 0 amide bonds. The molecule has 4 heteroatoms. The molecule has 0 saturated heterocycles. The highest BCUT2D eigenvalue weighted by Gasteiger charge is 2.45. The van der Waals surface area contributed by atoms with Crippen LogP contribution >= 0.6 is 0 Å². The van der Waals surface area contributed by atoms with Gasteiger partial charge in [-0.2, -0.15) is 8.78 Å². The zero-order valence-electron chi connectivity index (χ0n) is 17.4. The van der Waals surface area contributed by atoms with Crippen molar-refractivity contribution in [2.45, 2.75) is 78.2 Å². The fraction of sp³-hybridized carbons (Fsp3) is 0.708. The summed E-state index contributed by atoms with van der Waals surface area (Å²) in [7, 11) is 0. The summed E-state index contributed by atoms with van der Waals surface area (Å²) >= 11 is 0. The van der Waals surface area contributed by atoms with Crippen LogP contribution in [0.15, 0.2) is 35.6 Å². The van der Waals surface area contributed by atoms with Crippen molar-refractivity contribution in [1.82, 2.24) is 0 Å². The van der Waals surface area contributed by atoms with E-state index in [1.807, 2.05) is 13.8 Å². The summed E-state index contributed by atoms with van der Waals surface area (Å²) in [6.45, 7) is 6.07. The fourth-order valence-electron chi connectivity index (χ4n) is 5.17. The Morgan fingerprint density at radius 3 is 2.11 bits per heavy atom. The lowest BCUT2D eigenvalue weighted by molar-refractivity contribution is -0.254. The molecule has 3 aliphatic rings. The first kappa shape index (κ1) is 21.3. The molecule has 0 bridgehead atoms. The number of hydrogen-bond acceptors (Lipinski definition) is 2. The lowest BCUT2D eigenvalue weighted by atomic mass is 9.69. The predicted molar refractivity (Wildman–Crippen MR) is 108 cm³/mol. The standard InChI is InChI=1S/C24H34F2O2/c1-17-4-7-19(8-5-17)20-9-11-21(12-10-20)24(25,26)28-22-13-6-18(16-27)14-23(2,3)15-22/h6,13-17,19-21H,4-5,7-12H2,1-3H3. The summed E-state index contributed by atoms with van der Waals surface area (Å²) in [5.74, 6) is 1.57. The normalized spacial score (nSPS) is 33.5. The van der Waals surface area contributed by atoms with Crippen LogP contribution in [0.3, 0.4) is 0 Å². The highest BCUT2D eigenvalue weighted by molar-refractivity contribution is 5.78. The molecule has 2 nitrogen and oxygen atoms in total. The van der Waals surface area contributed by atoms with E-state index >= 15 is 0 Å². The molecule has 0 aromatic carbocycles. The molecule has 0 heterocycles. The lowest BCUT2D eigenvalue weighted by Gasteiger charge is -2.39. The van der Waals surface area contributed by atoms with E-state index in [1.54, 1.807) is 18.2 Å². The first-order valence-electron chi connectivity index (χ1n) is 10.8. The van der Waals surface area contributed by atoms with Gasteiger partial charge in [0.05, 0.1) is 5.92 Å². The molecule has 2 fully saturated rings. The van der Waals surface area contributed by atoms with Gasteiger partial charge < -0.3 is 4.74 Å². The Balaban J connectivity index is 1.58. The molecule has 3 rings (SSSR count). The molecule has 0 atom stereocenters. The van der Waals surface area contributed by atoms with Gasteiger partial charge in [-0.05, 0) is 74.5 Å². The van der Waals surface area contributed by atoms with Gasteiger partial charge in [0.25, 0.3) is 0 Å². The first-order chi connectivity index (χ1) is 13.2. The molecule has 0 N–H and O–H groups in total. The first-order valence-corrected chi connectivity index (χ1v) is 10.8. The van der Waals surface area contributed by atoms with Crippen LogP contribution in [0.4, 0.5) is 8.78 Å². The van der Waals surface area contributed by atoms with Crippen molar-refractivity contribution in [3.8, 4) is 0 Å². The number of allylic oxidation sites excluding steroid dienone is 5. The van der Waals surface area contributed by atoms with Gasteiger partial charge in [0.2, 0.25) is 0 Å². The zero-order valence-corrected chi connectivity index (χ0v) is 17.4. The molecular formula is C24H34F2O2. The Morgan fingerprint density at radius 2 is 1.54 bits per heavy atom. The average molecular weight is 393 g/mol. The van der Waals surface area contributed by atoms with Gasteiger partial charge in [-0.3, -0.25) is 4.79 Å². The largest absolute Gasteiger partial charge is 0.433 e. The second-order valence-electron chi connectivity index (χ2n) is 9.76. The quantitative estimate of drug-likeness (QED) is 0.479. The molecule has 3 aliphatic carbocycles. The van der Waals surface area contributed by atoms with E-state index in [9.17, 15) is 13.6 Å².